The molecule has 2 aromatic rings. The van der Waals surface area contributed by atoms with Crippen molar-refractivity contribution in [3.63, 3.8) is 0 Å². The molecule has 3 heterocycles. The monoisotopic (exact) mass is 353 g/mol. The van der Waals surface area contributed by atoms with Crippen LogP contribution in [0.3, 0.4) is 0 Å². The number of fused-ring (bicyclic) bond motifs is 1. The van der Waals surface area contributed by atoms with Crippen LogP contribution < -0.4 is 5.32 Å². The van der Waals surface area contributed by atoms with Gasteiger partial charge in [-0.3, -0.25) is 4.79 Å². The molecule has 1 N–H and O–H groups in total. The molecule has 26 heavy (non-hydrogen) atoms. The molecule has 136 valence electrons. The molecule has 1 aromatic carbocycles. The van der Waals surface area contributed by atoms with Gasteiger partial charge in [-0.25, -0.2) is 9.37 Å². The second-order valence-corrected chi connectivity index (χ2v) is 7.77. The van der Waals surface area contributed by atoms with Gasteiger partial charge in [0.15, 0.2) is 0 Å². The largest absolute Gasteiger partial charge is 0.363 e. The smallest absolute Gasteiger partial charge is 0.227 e. The first-order valence-corrected chi connectivity index (χ1v) is 9.22. The van der Waals surface area contributed by atoms with Crippen molar-refractivity contribution in [2.24, 2.45) is 0 Å². The van der Waals surface area contributed by atoms with E-state index in [1.54, 1.807) is 12.1 Å². The number of nitrogens with one attached hydrogen (secondary N) is 1. The number of amides is 1. The average molecular weight is 353 g/mol. The minimum Gasteiger partial charge on any atom is -0.363 e. The van der Waals surface area contributed by atoms with Crippen molar-refractivity contribution in [1.29, 1.82) is 0 Å². The van der Waals surface area contributed by atoms with Crippen molar-refractivity contribution in [1.82, 2.24) is 9.88 Å². The summed E-state index contributed by atoms with van der Waals surface area (Å²) in [7, 11) is 0. The summed E-state index contributed by atoms with van der Waals surface area (Å²) in [6.45, 7) is 5.69. The molecule has 0 saturated carbocycles. The van der Waals surface area contributed by atoms with Gasteiger partial charge in [0.1, 0.15) is 11.6 Å². The number of benzene rings is 1. The number of hydrogen-bond acceptors (Lipinski definition) is 3. The molecule has 2 unspecified atom stereocenters. The number of aromatic nitrogens is 1. The lowest BCUT2D eigenvalue weighted by molar-refractivity contribution is -0.129. The first-order chi connectivity index (χ1) is 12.4. The molecule has 1 saturated heterocycles. The first-order valence-electron chi connectivity index (χ1n) is 9.22. The summed E-state index contributed by atoms with van der Waals surface area (Å²) < 4.78 is 13.0. The quantitative estimate of drug-likeness (QED) is 0.896. The van der Waals surface area contributed by atoms with Gasteiger partial charge in [-0.05, 0) is 55.0 Å². The molecular weight excluding hydrogens is 329 g/mol. The van der Waals surface area contributed by atoms with Crippen molar-refractivity contribution >= 4 is 11.7 Å². The first kappa shape index (κ1) is 17.0. The van der Waals surface area contributed by atoms with E-state index in [4.69, 9.17) is 0 Å². The maximum atomic E-state index is 13.0. The van der Waals surface area contributed by atoms with Gasteiger partial charge < -0.3 is 10.2 Å². The number of hydrogen-bond donors (Lipinski definition) is 1. The van der Waals surface area contributed by atoms with Crippen molar-refractivity contribution in [2.75, 3.05) is 18.4 Å². The Labute approximate surface area is 153 Å². The Balaban J connectivity index is 1.47. The zero-order valence-corrected chi connectivity index (χ0v) is 15.3. The Morgan fingerprint density at radius 3 is 2.85 bits per heavy atom. The molecule has 1 spiro atoms. The predicted molar refractivity (Wildman–Crippen MR) is 99.7 cm³/mol. The molecule has 4 rings (SSSR count). The van der Waals surface area contributed by atoms with Crippen LogP contribution in [0.15, 0.2) is 36.4 Å². The van der Waals surface area contributed by atoms with E-state index in [1.807, 2.05) is 11.8 Å². The minimum absolute atomic E-state index is 0.0916. The van der Waals surface area contributed by atoms with Crippen LogP contribution in [0.2, 0.25) is 0 Å². The summed E-state index contributed by atoms with van der Waals surface area (Å²) >= 11 is 0. The standard InChI is InChI=1S/C21H24FN3O/c1-14-12-21(24-20-18(14)8-3-15(2)23-20)9-10-25(13-21)19(26)11-16-4-6-17(22)7-5-16/h3-8,14H,9-13H2,1-2H3,(H,23,24). The van der Waals surface area contributed by atoms with E-state index in [1.165, 1.54) is 17.7 Å². The lowest BCUT2D eigenvalue weighted by atomic mass is 9.80. The predicted octanol–water partition coefficient (Wildman–Crippen LogP) is 3.66. The van der Waals surface area contributed by atoms with Crippen LogP contribution in [-0.4, -0.2) is 34.4 Å². The van der Waals surface area contributed by atoms with E-state index in [0.717, 1.165) is 36.5 Å². The molecule has 5 heteroatoms. The van der Waals surface area contributed by atoms with E-state index in [0.29, 0.717) is 18.9 Å². The molecule has 2 atom stereocenters. The van der Waals surface area contributed by atoms with E-state index in [9.17, 15) is 9.18 Å². The maximum absolute atomic E-state index is 13.0. The second-order valence-electron chi connectivity index (χ2n) is 7.77. The van der Waals surface area contributed by atoms with Crippen molar-refractivity contribution in [3.05, 3.63) is 59.0 Å². The van der Waals surface area contributed by atoms with Gasteiger partial charge in [-0.1, -0.05) is 25.1 Å². The summed E-state index contributed by atoms with van der Waals surface area (Å²) in [5, 5.41) is 3.65. The number of anilines is 1. The summed E-state index contributed by atoms with van der Waals surface area (Å²) in [6.07, 6.45) is 2.26. The van der Waals surface area contributed by atoms with E-state index >= 15 is 0 Å². The van der Waals surface area contributed by atoms with E-state index in [2.05, 4.69) is 29.4 Å². The number of rotatable bonds is 2. The normalized spacial score (nSPS) is 24.4. The number of halogens is 1. The Hall–Kier alpha value is -2.43. The average Bonchev–Trinajstić information content (AvgIpc) is 2.99. The fourth-order valence-electron chi connectivity index (χ4n) is 4.31. The molecule has 1 aromatic heterocycles. The summed E-state index contributed by atoms with van der Waals surface area (Å²) in [4.78, 5) is 19.3. The molecule has 2 aliphatic rings. The van der Waals surface area contributed by atoms with Crippen LogP contribution in [0.1, 0.15) is 42.5 Å². The fourth-order valence-corrected chi connectivity index (χ4v) is 4.31. The van der Waals surface area contributed by atoms with Gasteiger partial charge in [-0.2, -0.15) is 0 Å². The van der Waals surface area contributed by atoms with Gasteiger partial charge in [-0.15, -0.1) is 0 Å². The molecule has 0 bridgehead atoms. The number of nitrogens with zero attached hydrogens (tertiary/aromatic N) is 2. The Morgan fingerprint density at radius 1 is 1.31 bits per heavy atom. The lowest BCUT2D eigenvalue weighted by Crippen LogP contribution is -2.46. The highest BCUT2D eigenvalue weighted by Gasteiger charge is 2.44. The van der Waals surface area contributed by atoms with Crippen LogP contribution >= 0.6 is 0 Å². The van der Waals surface area contributed by atoms with Gasteiger partial charge in [0.25, 0.3) is 0 Å². The Morgan fingerprint density at radius 2 is 2.08 bits per heavy atom. The topological polar surface area (TPSA) is 45.2 Å². The molecule has 1 fully saturated rings. The van der Waals surface area contributed by atoms with Crippen LogP contribution in [0.25, 0.3) is 0 Å². The number of carbonyl (C=O) groups is 1. The zero-order valence-electron chi connectivity index (χ0n) is 15.3. The highest BCUT2D eigenvalue weighted by Crippen LogP contribution is 2.42. The lowest BCUT2D eigenvalue weighted by Gasteiger charge is -2.39. The summed E-state index contributed by atoms with van der Waals surface area (Å²) in [5.74, 6) is 1.22. The van der Waals surface area contributed by atoms with Gasteiger partial charge in [0.2, 0.25) is 5.91 Å². The third-order valence-corrected chi connectivity index (χ3v) is 5.65. The van der Waals surface area contributed by atoms with Crippen molar-refractivity contribution in [2.45, 2.75) is 44.6 Å². The summed E-state index contributed by atoms with van der Waals surface area (Å²) in [6, 6.07) is 10.4. The number of aryl methyl sites for hydroxylation is 1. The van der Waals surface area contributed by atoms with Crippen LogP contribution in [0.4, 0.5) is 10.2 Å². The van der Waals surface area contributed by atoms with Crippen LogP contribution in [-0.2, 0) is 11.2 Å². The second kappa shape index (κ2) is 6.38. The molecule has 0 radical (unpaired) electrons. The fraction of sp³-hybridized carbons (Fsp3) is 0.429. The van der Waals surface area contributed by atoms with E-state index in [-0.39, 0.29) is 17.3 Å². The Bertz CT molecular complexity index is 836. The molecule has 0 aliphatic carbocycles. The minimum atomic E-state index is -0.275. The summed E-state index contributed by atoms with van der Waals surface area (Å²) in [5.41, 5.74) is 3.02. The van der Waals surface area contributed by atoms with E-state index < -0.39 is 0 Å². The molecule has 1 amide bonds. The molecule has 4 nitrogen and oxygen atoms in total. The third kappa shape index (κ3) is 3.18. The van der Waals surface area contributed by atoms with Crippen molar-refractivity contribution < 1.29 is 9.18 Å². The van der Waals surface area contributed by atoms with Crippen LogP contribution in [0, 0.1) is 12.7 Å². The van der Waals surface area contributed by atoms with Crippen molar-refractivity contribution in [3.8, 4) is 0 Å². The number of carbonyl (C=O) groups excluding carboxylic acids is 1. The highest BCUT2D eigenvalue weighted by atomic mass is 19.1. The highest BCUT2D eigenvalue weighted by molar-refractivity contribution is 5.79. The van der Waals surface area contributed by atoms with Gasteiger partial charge in [0, 0.05) is 18.8 Å². The van der Waals surface area contributed by atoms with Gasteiger partial charge in [0.05, 0.1) is 12.0 Å². The Kier molecular flexibility index (Phi) is 4.17. The third-order valence-electron chi connectivity index (χ3n) is 5.65. The zero-order chi connectivity index (χ0) is 18.3. The van der Waals surface area contributed by atoms with Crippen LogP contribution in [0.5, 0.6) is 0 Å². The molecular formula is C21H24FN3O. The van der Waals surface area contributed by atoms with Gasteiger partial charge >= 0.3 is 0 Å². The molecule has 2 aliphatic heterocycles. The SMILES string of the molecule is Cc1ccc2c(n1)NC1(CCN(C(=O)Cc3ccc(F)cc3)C1)CC2C. The maximum Gasteiger partial charge on any atom is 0.227 e. The number of likely N-dealkylation sites (tertiary alicyclic amines) is 1. The number of pyridine rings is 1.